The Kier molecular flexibility index (Phi) is 5.05. The standard InChI is InChI=1S/C13H16N2O3/c1-3-4-5-8-14(2)12-6-7-13(15(17)18)11(9-12)10-16/h3,6-7,9-10H,1,4-5,8H2,2H3. The summed E-state index contributed by atoms with van der Waals surface area (Å²) in [7, 11) is 1.89. The van der Waals surface area contributed by atoms with Crippen molar-refractivity contribution in [3.8, 4) is 0 Å². The maximum Gasteiger partial charge on any atom is 0.280 e. The number of carbonyl (C=O) groups excluding carboxylic acids is 1. The fourth-order valence-electron chi connectivity index (χ4n) is 1.64. The summed E-state index contributed by atoms with van der Waals surface area (Å²) in [6, 6.07) is 4.56. The molecule has 0 unspecified atom stereocenters. The van der Waals surface area contributed by atoms with Gasteiger partial charge in [0, 0.05) is 25.3 Å². The van der Waals surface area contributed by atoms with Crippen molar-refractivity contribution in [2.45, 2.75) is 12.8 Å². The number of carbonyl (C=O) groups is 1. The Morgan fingerprint density at radius 3 is 2.78 bits per heavy atom. The zero-order chi connectivity index (χ0) is 13.5. The van der Waals surface area contributed by atoms with Crippen LogP contribution in [0.15, 0.2) is 30.9 Å². The van der Waals surface area contributed by atoms with Crippen molar-refractivity contribution < 1.29 is 9.72 Å². The smallest absolute Gasteiger partial charge is 0.280 e. The van der Waals surface area contributed by atoms with Gasteiger partial charge in [-0.05, 0) is 25.0 Å². The molecule has 0 heterocycles. The molecule has 0 saturated carbocycles. The van der Waals surface area contributed by atoms with Crippen molar-refractivity contribution in [3.63, 3.8) is 0 Å². The summed E-state index contributed by atoms with van der Waals surface area (Å²) in [6.45, 7) is 4.46. The number of hydrogen-bond acceptors (Lipinski definition) is 4. The van der Waals surface area contributed by atoms with Crippen LogP contribution in [0.4, 0.5) is 11.4 Å². The monoisotopic (exact) mass is 248 g/mol. The summed E-state index contributed by atoms with van der Waals surface area (Å²) in [5.41, 5.74) is 0.744. The second kappa shape index (κ2) is 6.54. The minimum Gasteiger partial charge on any atom is -0.375 e. The Hall–Kier alpha value is -2.17. The molecule has 0 aromatic heterocycles. The van der Waals surface area contributed by atoms with Crippen molar-refractivity contribution >= 4 is 17.7 Å². The summed E-state index contributed by atoms with van der Waals surface area (Å²) < 4.78 is 0. The van der Waals surface area contributed by atoms with Crippen molar-refractivity contribution in [3.05, 3.63) is 46.5 Å². The van der Waals surface area contributed by atoms with Gasteiger partial charge in [-0.25, -0.2) is 0 Å². The van der Waals surface area contributed by atoms with E-state index >= 15 is 0 Å². The van der Waals surface area contributed by atoms with E-state index in [1.54, 1.807) is 12.1 Å². The lowest BCUT2D eigenvalue weighted by molar-refractivity contribution is -0.385. The number of aldehydes is 1. The number of hydrogen-bond donors (Lipinski definition) is 0. The van der Waals surface area contributed by atoms with Gasteiger partial charge >= 0.3 is 0 Å². The molecule has 96 valence electrons. The van der Waals surface area contributed by atoms with Gasteiger partial charge in [-0.2, -0.15) is 0 Å². The molecule has 0 spiro atoms. The lowest BCUT2D eigenvalue weighted by Gasteiger charge is -2.19. The molecule has 0 radical (unpaired) electrons. The van der Waals surface area contributed by atoms with Gasteiger partial charge in [-0.1, -0.05) is 6.08 Å². The van der Waals surface area contributed by atoms with Crippen molar-refractivity contribution in [2.24, 2.45) is 0 Å². The molecule has 0 atom stereocenters. The van der Waals surface area contributed by atoms with Crippen molar-refractivity contribution in [1.29, 1.82) is 0 Å². The number of rotatable bonds is 7. The first-order valence-corrected chi connectivity index (χ1v) is 5.65. The minimum atomic E-state index is -0.550. The van der Waals surface area contributed by atoms with Crippen LogP contribution in [0, 0.1) is 10.1 Å². The van der Waals surface area contributed by atoms with Gasteiger partial charge in [0.05, 0.1) is 10.5 Å². The van der Waals surface area contributed by atoms with Crippen LogP contribution in [0.1, 0.15) is 23.2 Å². The first-order valence-electron chi connectivity index (χ1n) is 5.65. The van der Waals surface area contributed by atoms with Crippen LogP contribution in [0.5, 0.6) is 0 Å². The van der Waals surface area contributed by atoms with Crippen LogP contribution < -0.4 is 4.90 Å². The summed E-state index contributed by atoms with van der Waals surface area (Å²) in [5.74, 6) is 0. The van der Waals surface area contributed by atoms with Crippen molar-refractivity contribution in [1.82, 2.24) is 0 Å². The van der Waals surface area contributed by atoms with E-state index in [0.717, 1.165) is 25.1 Å². The van der Waals surface area contributed by atoms with Crippen LogP contribution >= 0.6 is 0 Å². The second-order valence-corrected chi connectivity index (χ2v) is 3.97. The highest BCUT2D eigenvalue weighted by Crippen LogP contribution is 2.23. The topological polar surface area (TPSA) is 63.4 Å². The lowest BCUT2D eigenvalue weighted by atomic mass is 10.1. The third-order valence-electron chi connectivity index (χ3n) is 2.68. The van der Waals surface area contributed by atoms with Gasteiger partial charge in [0.25, 0.3) is 5.69 Å². The Morgan fingerprint density at radius 1 is 1.50 bits per heavy atom. The molecular weight excluding hydrogens is 232 g/mol. The maximum atomic E-state index is 10.8. The molecule has 1 aromatic carbocycles. The molecule has 5 nitrogen and oxygen atoms in total. The van der Waals surface area contributed by atoms with Crippen LogP contribution in [0.25, 0.3) is 0 Å². The zero-order valence-corrected chi connectivity index (χ0v) is 10.3. The number of nitro groups is 1. The van der Waals surface area contributed by atoms with Gasteiger partial charge in [-0.3, -0.25) is 14.9 Å². The predicted octanol–water partition coefficient (Wildman–Crippen LogP) is 2.81. The normalized spacial score (nSPS) is 9.83. The van der Waals surface area contributed by atoms with Gasteiger partial charge < -0.3 is 4.90 Å². The quantitative estimate of drug-likeness (QED) is 0.245. The maximum absolute atomic E-state index is 10.8. The average Bonchev–Trinajstić information content (AvgIpc) is 2.37. The molecule has 5 heteroatoms. The summed E-state index contributed by atoms with van der Waals surface area (Å²) in [4.78, 5) is 22.9. The SMILES string of the molecule is C=CCCCN(C)c1ccc([N+](=O)[O-])c(C=O)c1. The highest BCUT2D eigenvalue weighted by atomic mass is 16.6. The van der Waals surface area contributed by atoms with E-state index < -0.39 is 4.92 Å². The van der Waals surface area contributed by atoms with Crippen LogP contribution in [-0.4, -0.2) is 24.8 Å². The van der Waals surface area contributed by atoms with Gasteiger partial charge in [0.1, 0.15) is 0 Å². The average molecular weight is 248 g/mol. The van der Waals surface area contributed by atoms with E-state index in [1.165, 1.54) is 6.07 Å². The fourth-order valence-corrected chi connectivity index (χ4v) is 1.64. The van der Waals surface area contributed by atoms with E-state index in [9.17, 15) is 14.9 Å². The molecule has 1 rings (SSSR count). The number of allylic oxidation sites excluding steroid dienone is 1. The highest BCUT2D eigenvalue weighted by Gasteiger charge is 2.14. The number of benzene rings is 1. The largest absolute Gasteiger partial charge is 0.375 e. The van der Waals surface area contributed by atoms with Gasteiger partial charge in [-0.15, -0.1) is 6.58 Å². The molecule has 0 aliphatic carbocycles. The molecule has 0 aliphatic rings. The molecule has 0 aliphatic heterocycles. The minimum absolute atomic E-state index is 0.105. The summed E-state index contributed by atoms with van der Waals surface area (Å²) in [5, 5.41) is 10.7. The van der Waals surface area contributed by atoms with Gasteiger partial charge in [0.2, 0.25) is 0 Å². The molecule has 0 N–H and O–H groups in total. The molecule has 0 saturated heterocycles. The van der Waals surface area contributed by atoms with E-state index in [-0.39, 0.29) is 11.3 Å². The highest BCUT2D eigenvalue weighted by molar-refractivity contribution is 5.83. The van der Waals surface area contributed by atoms with Gasteiger partial charge in [0.15, 0.2) is 6.29 Å². The van der Waals surface area contributed by atoms with E-state index in [2.05, 4.69) is 6.58 Å². The summed E-state index contributed by atoms with van der Waals surface area (Å²) in [6.07, 6.45) is 4.23. The molecule has 1 aromatic rings. The predicted molar refractivity (Wildman–Crippen MR) is 71.2 cm³/mol. The van der Waals surface area contributed by atoms with Crippen molar-refractivity contribution in [2.75, 3.05) is 18.5 Å². The van der Waals surface area contributed by atoms with Crippen LogP contribution in [0.3, 0.4) is 0 Å². The van der Waals surface area contributed by atoms with E-state index in [0.29, 0.717) is 6.29 Å². The molecule has 0 bridgehead atoms. The Balaban J connectivity index is 2.87. The number of anilines is 1. The molecular formula is C13H16N2O3. The first kappa shape index (κ1) is 13.9. The van der Waals surface area contributed by atoms with E-state index in [4.69, 9.17) is 0 Å². The molecule has 0 amide bonds. The van der Waals surface area contributed by atoms with Crippen LogP contribution in [0.2, 0.25) is 0 Å². The van der Waals surface area contributed by atoms with Crippen LogP contribution in [-0.2, 0) is 0 Å². The number of unbranched alkanes of at least 4 members (excludes halogenated alkanes) is 1. The zero-order valence-electron chi connectivity index (χ0n) is 10.3. The lowest BCUT2D eigenvalue weighted by Crippen LogP contribution is -2.18. The molecule has 18 heavy (non-hydrogen) atoms. The number of nitrogens with zero attached hydrogens (tertiary/aromatic N) is 2. The third-order valence-corrected chi connectivity index (χ3v) is 2.68. The Morgan fingerprint density at radius 2 is 2.22 bits per heavy atom. The second-order valence-electron chi connectivity index (χ2n) is 3.97. The number of nitro benzene ring substituents is 1. The summed E-state index contributed by atoms with van der Waals surface area (Å²) >= 11 is 0. The first-order chi connectivity index (χ1) is 8.60. The molecule has 0 fully saturated rings. The third kappa shape index (κ3) is 3.41. The Bertz CT molecular complexity index is 458. The fraction of sp³-hybridized carbons (Fsp3) is 0.308. The Labute approximate surface area is 106 Å². The van der Waals surface area contributed by atoms with E-state index in [1.807, 2.05) is 18.0 Å².